The zero-order valence-corrected chi connectivity index (χ0v) is 13.5. The van der Waals surface area contributed by atoms with E-state index in [0.717, 1.165) is 0 Å². The third-order valence-electron chi connectivity index (χ3n) is 3.24. The van der Waals surface area contributed by atoms with Crippen molar-refractivity contribution in [1.29, 1.82) is 0 Å². The molecular formula is C16H9ClN2O4S. The highest BCUT2D eigenvalue weighted by Gasteiger charge is 2.24. The SMILES string of the molecule is O=C1NC(=S)NC(=O)C1=C/C=C/c1coc2ccc(Cl)cc2c1=O. The summed E-state index contributed by atoms with van der Waals surface area (Å²) >= 11 is 10.6. The number of carbonyl (C=O) groups excluding carboxylic acids is 2. The van der Waals surface area contributed by atoms with Crippen LogP contribution in [0.4, 0.5) is 0 Å². The van der Waals surface area contributed by atoms with E-state index in [-0.39, 0.29) is 21.7 Å². The van der Waals surface area contributed by atoms with Gasteiger partial charge in [-0.2, -0.15) is 0 Å². The zero-order chi connectivity index (χ0) is 17.3. The molecule has 1 aliphatic rings. The highest BCUT2D eigenvalue weighted by atomic mass is 35.5. The highest BCUT2D eigenvalue weighted by molar-refractivity contribution is 7.80. The highest BCUT2D eigenvalue weighted by Crippen LogP contribution is 2.17. The Morgan fingerprint density at radius 1 is 1.12 bits per heavy atom. The molecule has 0 radical (unpaired) electrons. The van der Waals surface area contributed by atoms with E-state index in [1.54, 1.807) is 12.1 Å². The van der Waals surface area contributed by atoms with Gasteiger partial charge in [0.2, 0.25) is 0 Å². The van der Waals surface area contributed by atoms with Crippen molar-refractivity contribution in [3.8, 4) is 0 Å². The minimum absolute atomic E-state index is 0.0434. The molecule has 1 saturated heterocycles. The van der Waals surface area contributed by atoms with Crippen molar-refractivity contribution in [3.63, 3.8) is 0 Å². The van der Waals surface area contributed by atoms with E-state index < -0.39 is 11.8 Å². The first kappa shape index (κ1) is 16.1. The molecule has 2 amide bonds. The van der Waals surface area contributed by atoms with Gasteiger partial charge in [0.1, 0.15) is 17.4 Å². The van der Waals surface area contributed by atoms with Gasteiger partial charge in [0.05, 0.1) is 10.9 Å². The van der Waals surface area contributed by atoms with Gasteiger partial charge in [0.15, 0.2) is 10.5 Å². The van der Waals surface area contributed by atoms with Gasteiger partial charge in [0, 0.05) is 5.02 Å². The van der Waals surface area contributed by atoms with Crippen LogP contribution in [-0.2, 0) is 9.59 Å². The van der Waals surface area contributed by atoms with Gasteiger partial charge in [0.25, 0.3) is 11.8 Å². The number of allylic oxidation sites excluding steroid dienone is 2. The lowest BCUT2D eigenvalue weighted by molar-refractivity contribution is -0.123. The van der Waals surface area contributed by atoms with Crippen LogP contribution in [0.3, 0.4) is 0 Å². The molecule has 0 spiro atoms. The summed E-state index contributed by atoms with van der Waals surface area (Å²) in [6.45, 7) is 0. The monoisotopic (exact) mass is 360 g/mol. The van der Waals surface area contributed by atoms with Crippen molar-refractivity contribution in [1.82, 2.24) is 10.6 Å². The lowest BCUT2D eigenvalue weighted by Crippen LogP contribution is -2.51. The van der Waals surface area contributed by atoms with Crippen molar-refractivity contribution >= 4 is 57.8 Å². The van der Waals surface area contributed by atoms with Crippen LogP contribution in [0.5, 0.6) is 0 Å². The van der Waals surface area contributed by atoms with Crippen LogP contribution in [0.2, 0.25) is 5.02 Å². The van der Waals surface area contributed by atoms with E-state index in [4.69, 9.17) is 28.2 Å². The molecular weight excluding hydrogens is 352 g/mol. The molecule has 120 valence electrons. The summed E-state index contributed by atoms with van der Waals surface area (Å²) in [5, 5.41) is 5.35. The van der Waals surface area contributed by atoms with Gasteiger partial charge in [-0.05, 0) is 42.6 Å². The van der Waals surface area contributed by atoms with Crippen molar-refractivity contribution < 1.29 is 14.0 Å². The van der Waals surface area contributed by atoms with Crippen molar-refractivity contribution in [2.24, 2.45) is 0 Å². The summed E-state index contributed by atoms with van der Waals surface area (Å²) in [7, 11) is 0. The molecule has 0 saturated carbocycles. The Hall–Kier alpha value is -2.77. The number of rotatable bonds is 2. The number of halogens is 1. The van der Waals surface area contributed by atoms with Gasteiger partial charge >= 0.3 is 0 Å². The Bertz CT molecular complexity index is 985. The minimum Gasteiger partial charge on any atom is -0.463 e. The molecule has 3 rings (SSSR count). The van der Waals surface area contributed by atoms with Crippen LogP contribution in [0.1, 0.15) is 5.56 Å². The van der Waals surface area contributed by atoms with Crippen LogP contribution in [-0.4, -0.2) is 16.9 Å². The van der Waals surface area contributed by atoms with Crippen LogP contribution in [0.25, 0.3) is 17.0 Å². The van der Waals surface area contributed by atoms with E-state index >= 15 is 0 Å². The van der Waals surface area contributed by atoms with E-state index in [1.807, 2.05) is 0 Å². The molecule has 1 aromatic heterocycles. The van der Waals surface area contributed by atoms with Crippen LogP contribution in [0, 0.1) is 0 Å². The molecule has 24 heavy (non-hydrogen) atoms. The molecule has 2 N–H and O–H groups in total. The van der Waals surface area contributed by atoms with E-state index in [2.05, 4.69) is 10.6 Å². The van der Waals surface area contributed by atoms with Gasteiger partial charge in [-0.1, -0.05) is 17.7 Å². The summed E-state index contributed by atoms with van der Waals surface area (Å²) in [4.78, 5) is 35.7. The van der Waals surface area contributed by atoms with Gasteiger partial charge in [-0.3, -0.25) is 25.0 Å². The van der Waals surface area contributed by atoms with Crippen LogP contribution >= 0.6 is 23.8 Å². The smallest absolute Gasteiger partial charge is 0.263 e. The number of thiocarbonyl (C=S) groups is 1. The molecule has 2 aromatic rings. The predicted octanol–water partition coefficient (Wildman–Crippen LogP) is 1.92. The first-order valence-electron chi connectivity index (χ1n) is 6.72. The molecule has 1 fully saturated rings. The average Bonchev–Trinajstić information content (AvgIpc) is 2.52. The number of fused-ring (bicyclic) bond motifs is 1. The number of hydrogen-bond acceptors (Lipinski definition) is 5. The fourth-order valence-corrected chi connectivity index (χ4v) is 2.47. The Kier molecular flexibility index (Phi) is 4.28. The fourth-order valence-electron chi connectivity index (χ4n) is 2.11. The summed E-state index contributed by atoms with van der Waals surface area (Å²) in [6.07, 6.45) is 5.43. The van der Waals surface area contributed by atoms with E-state index in [9.17, 15) is 14.4 Å². The minimum atomic E-state index is -0.606. The summed E-state index contributed by atoms with van der Waals surface area (Å²) in [5.41, 5.74) is 0.286. The third kappa shape index (κ3) is 3.12. The summed E-state index contributed by atoms with van der Waals surface area (Å²) in [6, 6.07) is 4.74. The second-order valence-corrected chi connectivity index (χ2v) is 5.68. The maximum atomic E-state index is 12.4. The predicted molar refractivity (Wildman–Crippen MR) is 93.5 cm³/mol. The van der Waals surface area contributed by atoms with Gasteiger partial charge in [-0.15, -0.1) is 0 Å². The standard InChI is InChI=1S/C16H9ClN2O4S/c17-9-4-5-12-11(6-9)13(20)8(7-23-12)2-1-3-10-14(21)18-16(24)19-15(10)22/h1-7H,(H2,18,19,21,22,24)/b2-1+. The Labute approximate surface area is 145 Å². The average molecular weight is 361 g/mol. The maximum absolute atomic E-state index is 12.4. The molecule has 0 atom stereocenters. The number of hydrogen-bond donors (Lipinski definition) is 2. The van der Waals surface area contributed by atoms with Crippen molar-refractivity contribution in [2.45, 2.75) is 0 Å². The van der Waals surface area contributed by atoms with E-state index in [0.29, 0.717) is 16.0 Å². The van der Waals surface area contributed by atoms with Gasteiger partial charge < -0.3 is 4.42 Å². The molecule has 2 heterocycles. The summed E-state index contributed by atoms with van der Waals surface area (Å²) < 4.78 is 5.37. The Morgan fingerprint density at radius 3 is 2.54 bits per heavy atom. The maximum Gasteiger partial charge on any atom is 0.263 e. The molecule has 0 bridgehead atoms. The number of carbonyl (C=O) groups is 2. The quantitative estimate of drug-likeness (QED) is 0.485. The normalized spacial score (nSPS) is 14.9. The lowest BCUT2D eigenvalue weighted by atomic mass is 10.1. The van der Waals surface area contributed by atoms with Crippen LogP contribution < -0.4 is 16.1 Å². The Balaban J connectivity index is 1.94. The lowest BCUT2D eigenvalue weighted by Gasteiger charge is -2.15. The third-order valence-corrected chi connectivity index (χ3v) is 3.68. The first-order chi connectivity index (χ1) is 11.5. The van der Waals surface area contributed by atoms with Crippen molar-refractivity contribution in [2.75, 3.05) is 0 Å². The van der Waals surface area contributed by atoms with E-state index in [1.165, 1.54) is 30.6 Å². The largest absolute Gasteiger partial charge is 0.463 e. The first-order valence-corrected chi connectivity index (χ1v) is 7.50. The second-order valence-electron chi connectivity index (χ2n) is 4.84. The van der Waals surface area contributed by atoms with Crippen molar-refractivity contribution in [3.05, 3.63) is 63.0 Å². The number of nitrogens with one attached hydrogen (secondary N) is 2. The molecule has 1 aromatic carbocycles. The fraction of sp³-hybridized carbons (Fsp3) is 0. The van der Waals surface area contributed by atoms with Gasteiger partial charge in [-0.25, -0.2) is 0 Å². The molecule has 0 aliphatic carbocycles. The van der Waals surface area contributed by atoms with Crippen LogP contribution in [0.15, 0.2) is 51.4 Å². The molecule has 0 unspecified atom stereocenters. The molecule has 6 nitrogen and oxygen atoms in total. The summed E-state index contributed by atoms with van der Waals surface area (Å²) in [5.74, 6) is -1.21. The number of benzene rings is 1. The molecule has 1 aliphatic heterocycles. The second kappa shape index (κ2) is 6.38. The number of amides is 2. The topological polar surface area (TPSA) is 88.4 Å². The molecule has 8 heteroatoms. The Morgan fingerprint density at radius 2 is 1.83 bits per heavy atom. The zero-order valence-electron chi connectivity index (χ0n) is 12.0.